The maximum absolute atomic E-state index is 12.8. The van der Waals surface area contributed by atoms with Crippen molar-refractivity contribution >= 4 is 11.3 Å². The number of hydrogen-bond acceptors (Lipinski definition) is 4. The van der Waals surface area contributed by atoms with E-state index in [2.05, 4.69) is 10.3 Å². The fourth-order valence-corrected chi connectivity index (χ4v) is 2.53. The lowest BCUT2D eigenvalue weighted by atomic mass is 10.2. The van der Waals surface area contributed by atoms with Crippen molar-refractivity contribution in [3.05, 3.63) is 41.2 Å². The van der Waals surface area contributed by atoms with Gasteiger partial charge in [-0.15, -0.1) is 11.3 Å². The van der Waals surface area contributed by atoms with Gasteiger partial charge in [0.2, 0.25) is 0 Å². The van der Waals surface area contributed by atoms with Crippen LogP contribution in [-0.4, -0.2) is 22.7 Å². The number of hydrogen-bond donors (Lipinski definition) is 2. The summed E-state index contributed by atoms with van der Waals surface area (Å²) < 4.78 is 12.8. The van der Waals surface area contributed by atoms with E-state index in [0.29, 0.717) is 6.54 Å². The molecule has 2 N–H and O–H groups in total. The van der Waals surface area contributed by atoms with Gasteiger partial charge in [-0.1, -0.05) is 6.92 Å². The first-order valence-electron chi connectivity index (χ1n) is 6.27. The van der Waals surface area contributed by atoms with Gasteiger partial charge in [0.15, 0.2) is 0 Å². The predicted molar refractivity (Wildman–Crippen MR) is 75.5 cm³/mol. The normalized spacial score (nSPS) is 12.6. The average Bonchev–Trinajstić information content (AvgIpc) is 2.89. The number of benzene rings is 1. The summed E-state index contributed by atoms with van der Waals surface area (Å²) >= 11 is 1.54. The minimum Gasteiger partial charge on any atom is -0.395 e. The van der Waals surface area contributed by atoms with Crippen LogP contribution in [0.5, 0.6) is 0 Å². The van der Waals surface area contributed by atoms with Crippen molar-refractivity contribution in [1.29, 1.82) is 0 Å². The Morgan fingerprint density at radius 2 is 2.11 bits per heavy atom. The van der Waals surface area contributed by atoms with Crippen LogP contribution in [0.3, 0.4) is 0 Å². The monoisotopic (exact) mass is 280 g/mol. The number of halogens is 1. The molecule has 0 radical (unpaired) electrons. The minimum atomic E-state index is -0.240. The van der Waals surface area contributed by atoms with Crippen LogP contribution in [0.2, 0.25) is 0 Å². The van der Waals surface area contributed by atoms with Gasteiger partial charge in [-0.2, -0.15) is 0 Å². The topological polar surface area (TPSA) is 45.1 Å². The van der Waals surface area contributed by atoms with Gasteiger partial charge in [-0.3, -0.25) is 0 Å². The number of rotatable bonds is 6. The summed E-state index contributed by atoms with van der Waals surface area (Å²) in [7, 11) is 0. The number of nitrogens with zero attached hydrogens (tertiary/aromatic N) is 1. The molecule has 0 amide bonds. The standard InChI is InChI=1S/C14H17FN2OS/c1-2-12(8-18)16-7-13-9-19-14(17-13)10-3-5-11(15)6-4-10/h3-6,9,12,16,18H,2,7-8H2,1H3/t12-/m0/s1. The van der Waals surface area contributed by atoms with Gasteiger partial charge in [-0.05, 0) is 30.7 Å². The molecule has 0 saturated carbocycles. The van der Waals surface area contributed by atoms with Crippen LogP contribution < -0.4 is 5.32 Å². The zero-order valence-corrected chi connectivity index (χ0v) is 11.6. The zero-order chi connectivity index (χ0) is 13.7. The van der Waals surface area contributed by atoms with Gasteiger partial charge < -0.3 is 10.4 Å². The molecule has 2 aromatic rings. The molecule has 1 heterocycles. The van der Waals surface area contributed by atoms with Gasteiger partial charge in [-0.25, -0.2) is 9.37 Å². The third-order valence-electron chi connectivity index (χ3n) is 2.93. The molecule has 2 rings (SSSR count). The van der Waals surface area contributed by atoms with E-state index in [9.17, 15) is 4.39 Å². The highest BCUT2D eigenvalue weighted by Crippen LogP contribution is 2.23. The summed E-state index contributed by atoms with van der Waals surface area (Å²) in [5, 5.41) is 15.2. The number of aliphatic hydroxyl groups excluding tert-OH is 1. The lowest BCUT2D eigenvalue weighted by Crippen LogP contribution is -2.31. The quantitative estimate of drug-likeness (QED) is 0.855. The fraction of sp³-hybridized carbons (Fsp3) is 0.357. The Balaban J connectivity index is 2.01. The van der Waals surface area contributed by atoms with Gasteiger partial charge >= 0.3 is 0 Å². The third-order valence-corrected chi connectivity index (χ3v) is 3.87. The molecule has 5 heteroatoms. The lowest BCUT2D eigenvalue weighted by Gasteiger charge is -2.12. The summed E-state index contributed by atoms with van der Waals surface area (Å²) in [6.45, 7) is 2.79. The van der Waals surface area contributed by atoms with E-state index in [1.165, 1.54) is 23.5 Å². The Labute approximate surface area is 116 Å². The number of aliphatic hydroxyl groups is 1. The molecule has 102 valence electrons. The third kappa shape index (κ3) is 3.83. The largest absolute Gasteiger partial charge is 0.395 e. The molecule has 1 aromatic heterocycles. The Hall–Kier alpha value is -1.30. The van der Waals surface area contributed by atoms with E-state index in [-0.39, 0.29) is 18.5 Å². The molecule has 0 saturated heterocycles. The van der Waals surface area contributed by atoms with Crippen LogP contribution >= 0.6 is 11.3 Å². The van der Waals surface area contributed by atoms with E-state index in [0.717, 1.165) is 22.7 Å². The smallest absolute Gasteiger partial charge is 0.123 e. The highest BCUT2D eigenvalue weighted by atomic mass is 32.1. The molecule has 0 aliphatic carbocycles. The van der Waals surface area contributed by atoms with Crippen molar-refractivity contribution in [2.24, 2.45) is 0 Å². The highest BCUT2D eigenvalue weighted by molar-refractivity contribution is 7.13. The first kappa shape index (κ1) is 14.1. The second-order valence-electron chi connectivity index (χ2n) is 4.32. The number of nitrogens with one attached hydrogen (secondary N) is 1. The Morgan fingerprint density at radius 1 is 1.37 bits per heavy atom. The molecular formula is C14H17FN2OS. The van der Waals surface area contributed by atoms with Gasteiger partial charge in [0, 0.05) is 23.5 Å². The van der Waals surface area contributed by atoms with Crippen LogP contribution in [-0.2, 0) is 6.54 Å². The van der Waals surface area contributed by atoms with Crippen LogP contribution in [0.4, 0.5) is 4.39 Å². The van der Waals surface area contributed by atoms with Gasteiger partial charge in [0.05, 0.1) is 12.3 Å². The fourth-order valence-electron chi connectivity index (χ4n) is 1.70. The summed E-state index contributed by atoms with van der Waals surface area (Å²) in [5.41, 5.74) is 1.86. The summed E-state index contributed by atoms with van der Waals surface area (Å²) in [6, 6.07) is 6.44. The van der Waals surface area contributed by atoms with Gasteiger partial charge in [0.1, 0.15) is 10.8 Å². The van der Waals surface area contributed by atoms with E-state index in [1.807, 2.05) is 12.3 Å². The first-order valence-corrected chi connectivity index (χ1v) is 7.15. The van der Waals surface area contributed by atoms with Crippen LogP contribution in [0.15, 0.2) is 29.6 Å². The maximum Gasteiger partial charge on any atom is 0.123 e. The van der Waals surface area contributed by atoms with E-state index >= 15 is 0 Å². The van der Waals surface area contributed by atoms with Crippen molar-refractivity contribution in [3.8, 4) is 10.6 Å². The van der Waals surface area contributed by atoms with Crippen molar-refractivity contribution in [1.82, 2.24) is 10.3 Å². The first-order chi connectivity index (χ1) is 9.22. The molecular weight excluding hydrogens is 263 g/mol. The molecule has 0 aliphatic rings. The molecule has 3 nitrogen and oxygen atoms in total. The predicted octanol–water partition coefficient (Wildman–Crippen LogP) is 2.81. The molecule has 0 spiro atoms. The molecule has 0 aliphatic heterocycles. The second kappa shape index (κ2) is 6.75. The average molecular weight is 280 g/mol. The summed E-state index contributed by atoms with van der Waals surface area (Å²) in [4.78, 5) is 4.50. The van der Waals surface area contributed by atoms with E-state index in [1.54, 1.807) is 12.1 Å². The SMILES string of the molecule is CC[C@@H](CO)NCc1csc(-c2ccc(F)cc2)n1. The summed E-state index contributed by atoms with van der Waals surface area (Å²) in [6.07, 6.45) is 0.880. The Morgan fingerprint density at radius 3 is 2.74 bits per heavy atom. The molecule has 0 bridgehead atoms. The highest BCUT2D eigenvalue weighted by Gasteiger charge is 2.07. The van der Waals surface area contributed by atoms with Crippen molar-refractivity contribution in [3.63, 3.8) is 0 Å². The Kier molecular flexibility index (Phi) is 5.01. The van der Waals surface area contributed by atoms with E-state index in [4.69, 9.17) is 5.11 Å². The van der Waals surface area contributed by atoms with Crippen molar-refractivity contribution in [2.75, 3.05) is 6.61 Å². The molecule has 0 unspecified atom stereocenters. The number of aromatic nitrogens is 1. The summed E-state index contributed by atoms with van der Waals surface area (Å²) in [5.74, 6) is -0.240. The van der Waals surface area contributed by atoms with E-state index < -0.39 is 0 Å². The maximum atomic E-state index is 12.8. The Bertz CT molecular complexity index is 508. The van der Waals surface area contributed by atoms with Crippen LogP contribution in [0, 0.1) is 5.82 Å². The molecule has 1 aromatic carbocycles. The lowest BCUT2D eigenvalue weighted by molar-refractivity contribution is 0.238. The number of thiazole rings is 1. The van der Waals surface area contributed by atoms with Crippen LogP contribution in [0.25, 0.3) is 10.6 Å². The second-order valence-corrected chi connectivity index (χ2v) is 5.18. The minimum absolute atomic E-state index is 0.107. The van der Waals surface area contributed by atoms with Crippen molar-refractivity contribution < 1.29 is 9.50 Å². The van der Waals surface area contributed by atoms with Gasteiger partial charge in [0.25, 0.3) is 0 Å². The zero-order valence-electron chi connectivity index (χ0n) is 10.8. The molecule has 1 atom stereocenters. The molecule has 19 heavy (non-hydrogen) atoms. The molecule has 0 fully saturated rings. The van der Waals surface area contributed by atoms with Crippen LogP contribution in [0.1, 0.15) is 19.0 Å². The van der Waals surface area contributed by atoms with Crippen molar-refractivity contribution in [2.45, 2.75) is 25.9 Å².